The Labute approximate surface area is 168 Å². The van der Waals surface area contributed by atoms with Gasteiger partial charge in [0.15, 0.2) is 0 Å². The van der Waals surface area contributed by atoms with E-state index >= 15 is 0 Å². The van der Waals surface area contributed by atoms with Crippen molar-refractivity contribution in [1.82, 2.24) is 19.8 Å². The first kappa shape index (κ1) is 20.8. The molecule has 2 aromatic rings. The second kappa shape index (κ2) is 9.05. The van der Waals surface area contributed by atoms with Gasteiger partial charge in [0.1, 0.15) is 5.82 Å². The van der Waals surface area contributed by atoms with E-state index < -0.39 is 0 Å². The van der Waals surface area contributed by atoms with Crippen LogP contribution in [0.2, 0.25) is 0 Å². The summed E-state index contributed by atoms with van der Waals surface area (Å²) in [4.78, 5) is 20.8. The Balaban J connectivity index is 2.12. The molecular formula is C22H35N5O. The number of fused-ring (bicyclic) bond motifs is 1. The maximum Gasteiger partial charge on any atom is 0.261 e. The number of nitrogens with zero attached hydrogens (tertiary/aromatic N) is 3. The highest BCUT2D eigenvalue weighted by Gasteiger charge is 2.30. The molecule has 3 atom stereocenters. The number of piperazine rings is 1. The molecule has 154 valence electrons. The van der Waals surface area contributed by atoms with Crippen molar-refractivity contribution in [1.29, 1.82) is 0 Å². The van der Waals surface area contributed by atoms with Gasteiger partial charge < -0.3 is 10.6 Å². The van der Waals surface area contributed by atoms with Gasteiger partial charge in [0.25, 0.3) is 5.56 Å². The number of rotatable bonds is 7. The SMILES string of the molecule is CCCC(c1nc2cc(NCC)ccc2c(=O)n1CC)N1C[C@@H](C)N[C@@H](C)C1. The van der Waals surface area contributed by atoms with Crippen LogP contribution < -0.4 is 16.2 Å². The molecule has 1 aliphatic rings. The summed E-state index contributed by atoms with van der Waals surface area (Å²) in [5.74, 6) is 0.914. The molecule has 1 unspecified atom stereocenters. The molecule has 0 radical (unpaired) electrons. The largest absolute Gasteiger partial charge is 0.385 e. The molecule has 2 heterocycles. The second-order valence-corrected chi connectivity index (χ2v) is 8.01. The molecule has 28 heavy (non-hydrogen) atoms. The molecular weight excluding hydrogens is 350 g/mol. The normalized spacial score (nSPS) is 21.8. The van der Waals surface area contributed by atoms with Gasteiger partial charge in [-0.25, -0.2) is 4.98 Å². The zero-order valence-electron chi connectivity index (χ0n) is 18.0. The van der Waals surface area contributed by atoms with E-state index in [2.05, 4.69) is 43.2 Å². The summed E-state index contributed by atoms with van der Waals surface area (Å²) >= 11 is 0. The van der Waals surface area contributed by atoms with E-state index in [1.165, 1.54) is 0 Å². The molecule has 1 aliphatic heterocycles. The van der Waals surface area contributed by atoms with Crippen molar-refractivity contribution in [2.75, 3.05) is 25.0 Å². The van der Waals surface area contributed by atoms with E-state index in [4.69, 9.17) is 4.98 Å². The lowest BCUT2D eigenvalue weighted by atomic mass is 10.0. The van der Waals surface area contributed by atoms with Crippen molar-refractivity contribution in [3.8, 4) is 0 Å². The molecule has 1 fully saturated rings. The van der Waals surface area contributed by atoms with Gasteiger partial charge in [0, 0.05) is 44.0 Å². The zero-order valence-corrected chi connectivity index (χ0v) is 18.0. The molecule has 0 aliphatic carbocycles. The third-order valence-electron chi connectivity index (χ3n) is 5.57. The predicted octanol–water partition coefficient (Wildman–Crippen LogP) is 3.37. The van der Waals surface area contributed by atoms with Gasteiger partial charge in [0.05, 0.1) is 16.9 Å². The minimum Gasteiger partial charge on any atom is -0.385 e. The summed E-state index contributed by atoms with van der Waals surface area (Å²) in [6.45, 7) is 14.2. The summed E-state index contributed by atoms with van der Waals surface area (Å²) in [5.41, 5.74) is 1.88. The molecule has 3 rings (SSSR count). The fourth-order valence-electron chi connectivity index (χ4n) is 4.48. The first-order chi connectivity index (χ1) is 13.5. The van der Waals surface area contributed by atoms with Crippen LogP contribution in [0.15, 0.2) is 23.0 Å². The minimum atomic E-state index is 0.0721. The van der Waals surface area contributed by atoms with Crippen molar-refractivity contribution in [3.05, 3.63) is 34.4 Å². The Morgan fingerprint density at radius 3 is 2.54 bits per heavy atom. The van der Waals surface area contributed by atoms with E-state index in [0.29, 0.717) is 24.0 Å². The van der Waals surface area contributed by atoms with Crippen molar-refractivity contribution in [2.45, 2.75) is 72.1 Å². The molecule has 0 amide bonds. The van der Waals surface area contributed by atoms with Gasteiger partial charge in [0.2, 0.25) is 0 Å². The predicted molar refractivity (Wildman–Crippen MR) is 117 cm³/mol. The van der Waals surface area contributed by atoms with Crippen molar-refractivity contribution < 1.29 is 0 Å². The van der Waals surface area contributed by atoms with E-state index in [-0.39, 0.29) is 11.6 Å². The summed E-state index contributed by atoms with van der Waals surface area (Å²) < 4.78 is 1.88. The van der Waals surface area contributed by atoms with Crippen LogP contribution in [0.1, 0.15) is 59.3 Å². The smallest absolute Gasteiger partial charge is 0.261 e. The Morgan fingerprint density at radius 1 is 1.21 bits per heavy atom. The monoisotopic (exact) mass is 385 g/mol. The first-order valence-electron chi connectivity index (χ1n) is 10.8. The average Bonchev–Trinajstić information content (AvgIpc) is 2.65. The van der Waals surface area contributed by atoms with Crippen LogP contribution >= 0.6 is 0 Å². The van der Waals surface area contributed by atoms with E-state index in [0.717, 1.165) is 49.5 Å². The van der Waals surface area contributed by atoms with E-state index in [1.807, 2.05) is 29.7 Å². The number of anilines is 1. The lowest BCUT2D eigenvalue weighted by Gasteiger charge is -2.41. The number of hydrogen-bond donors (Lipinski definition) is 2. The summed E-state index contributed by atoms with van der Waals surface area (Å²) in [6.07, 6.45) is 2.07. The van der Waals surface area contributed by atoms with Gasteiger partial charge in [-0.15, -0.1) is 0 Å². The maximum absolute atomic E-state index is 13.2. The van der Waals surface area contributed by atoms with Crippen LogP contribution in [-0.2, 0) is 6.54 Å². The molecule has 6 heteroatoms. The minimum absolute atomic E-state index is 0.0721. The highest BCUT2D eigenvalue weighted by molar-refractivity contribution is 5.81. The number of aromatic nitrogens is 2. The fraction of sp³-hybridized carbons (Fsp3) is 0.636. The Kier molecular flexibility index (Phi) is 6.73. The average molecular weight is 386 g/mol. The lowest BCUT2D eigenvalue weighted by molar-refractivity contribution is 0.109. The summed E-state index contributed by atoms with van der Waals surface area (Å²) in [7, 11) is 0. The quantitative estimate of drug-likeness (QED) is 0.765. The third-order valence-corrected chi connectivity index (χ3v) is 5.57. The molecule has 1 aromatic carbocycles. The maximum atomic E-state index is 13.2. The molecule has 6 nitrogen and oxygen atoms in total. The van der Waals surface area contributed by atoms with E-state index in [1.54, 1.807) is 0 Å². The lowest BCUT2D eigenvalue weighted by Crippen LogP contribution is -2.55. The Bertz CT molecular complexity index is 852. The van der Waals surface area contributed by atoms with Crippen LogP contribution in [0, 0.1) is 0 Å². The second-order valence-electron chi connectivity index (χ2n) is 8.01. The van der Waals surface area contributed by atoms with Crippen LogP contribution in [0.4, 0.5) is 5.69 Å². The van der Waals surface area contributed by atoms with Gasteiger partial charge in [-0.3, -0.25) is 14.3 Å². The van der Waals surface area contributed by atoms with Gasteiger partial charge in [-0.2, -0.15) is 0 Å². The van der Waals surface area contributed by atoms with Crippen molar-refractivity contribution >= 4 is 16.6 Å². The first-order valence-corrected chi connectivity index (χ1v) is 10.8. The van der Waals surface area contributed by atoms with Crippen LogP contribution in [-0.4, -0.2) is 46.2 Å². The van der Waals surface area contributed by atoms with Crippen molar-refractivity contribution in [2.24, 2.45) is 0 Å². The third kappa shape index (κ3) is 4.23. The van der Waals surface area contributed by atoms with Gasteiger partial charge in [-0.1, -0.05) is 13.3 Å². The highest BCUT2D eigenvalue weighted by Crippen LogP contribution is 2.27. The number of benzene rings is 1. The fourth-order valence-corrected chi connectivity index (χ4v) is 4.48. The molecule has 0 bridgehead atoms. The number of hydrogen-bond acceptors (Lipinski definition) is 5. The summed E-state index contributed by atoms with van der Waals surface area (Å²) in [6, 6.07) is 6.92. The molecule has 1 aromatic heterocycles. The topological polar surface area (TPSA) is 62.2 Å². The Hall–Kier alpha value is -1.92. The van der Waals surface area contributed by atoms with Gasteiger partial charge in [-0.05, 0) is 52.3 Å². The van der Waals surface area contributed by atoms with Crippen LogP contribution in [0.25, 0.3) is 10.9 Å². The zero-order chi connectivity index (χ0) is 20.3. The Morgan fingerprint density at radius 2 is 1.93 bits per heavy atom. The summed E-state index contributed by atoms with van der Waals surface area (Å²) in [5, 5.41) is 7.64. The van der Waals surface area contributed by atoms with Crippen LogP contribution in [0.3, 0.4) is 0 Å². The molecule has 0 spiro atoms. The number of nitrogens with one attached hydrogen (secondary N) is 2. The van der Waals surface area contributed by atoms with Crippen LogP contribution in [0.5, 0.6) is 0 Å². The van der Waals surface area contributed by atoms with E-state index in [9.17, 15) is 4.79 Å². The standard InChI is InChI=1S/C22H35N5O/c1-6-9-20(26-13-15(4)24-16(5)14-26)21-25-19-12-17(23-7-2)10-11-18(19)22(28)27(21)8-3/h10-12,15-16,20,23-24H,6-9,13-14H2,1-5H3/t15-,16+,20?. The van der Waals surface area contributed by atoms with Crippen molar-refractivity contribution in [3.63, 3.8) is 0 Å². The van der Waals surface area contributed by atoms with Gasteiger partial charge >= 0.3 is 0 Å². The molecule has 2 N–H and O–H groups in total. The highest BCUT2D eigenvalue weighted by atomic mass is 16.1. The molecule has 1 saturated heterocycles. The molecule has 0 saturated carbocycles.